The standard InChI is InChI=1S/C14H12ClFOS/c15-12-6-1-2-7-14(12)18-9-13(17)10-4-3-5-11(16)8-10/h1-8,13,17H,9H2. The van der Waals surface area contributed by atoms with Crippen LogP contribution in [-0.4, -0.2) is 10.9 Å². The van der Waals surface area contributed by atoms with Crippen LogP contribution in [0.15, 0.2) is 53.4 Å². The summed E-state index contributed by atoms with van der Waals surface area (Å²) in [4.78, 5) is 0.912. The first-order valence-electron chi connectivity index (χ1n) is 5.47. The van der Waals surface area contributed by atoms with Crippen LogP contribution in [0.3, 0.4) is 0 Å². The first-order chi connectivity index (χ1) is 8.66. The molecule has 0 bridgehead atoms. The second-order valence-electron chi connectivity index (χ2n) is 3.81. The van der Waals surface area contributed by atoms with E-state index in [-0.39, 0.29) is 5.82 Å². The Morgan fingerprint density at radius 3 is 2.67 bits per heavy atom. The average Bonchev–Trinajstić information content (AvgIpc) is 2.37. The molecule has 0 heterocycles. The van der Waals surface area contributed by atoms with Crippen LogP contribution in [-0.2, 0) is 0 Å². The van der Waals surface area contributed by atoms with Crippen LogP contribution in [0.4, 0.5) is 4.39 Å². The number of halogens is 2. The Morgan fingerprint density at radius 2 is 1.94 bits per heavy atom. The lowest BCUT2D eigenvalue weighted by Crippen LogP contribution is -2.00. The summed E-state index contributed by atoms with van der Waals surface area (Å²) < 4.78 is 13.0. The van der Waals surface area contributed by atoms with Gasteiger partial charge in [-0.05, 0) is 29.8 Å². The van der Waals surface area contributed by atoms with Crippen molar-refractivity contribution in [3.63, 3.8) is 0 Å². The first kappa shape index (κ1) is 13.4. The Kier molecular flexibility index (Phi) is 4.64. The number of thioether (sulfide) groups is 1. The van der Waals surface area contributed by atoms with Crippen LogP contribution in [0.25, 0.3) is 0 Å². The zero-order valence-corrected chi connectivity index (χ0v) is 11.1. The van der Waals surface area contributed by atoms with E-state index in [1.807, 2.05) is 18.2 Å². The fourth-order valence-electron chi connectivity index (χ4n) is 1.54. The van der Waals surface area contributed by atoms with Gasteiger partial charge in [0, 0.05) is 10.6 Å². The lowest BCUT2D eigenvalue weighted by atomic mass is 10.1. The lowest BCUT2D eigenvalue weighted by molar-refractivity contribution is 0.203. The summed E-state index contributed by atoms with van der Waals surface area (Å²) in [6.07, 6.45) is -0.707. The van der Waals surface area contributed by atoms with E-state index in [1.54, 1.807) is 18.2 Å². The summed E-state index contributed by atoms with van der Waals surface area (Å²) in [5.74, 6) is 0.0991. The van der Waals surface area contributed by atoms with Gasteiger partial charge in [0.05, 0.1) is 11.1 Å². The molecule has 0 aromatic heterocycles. The molecule has 0 saturated heterocycles. The van der Waals surface area contributed by atoms with Crippen molar-refractivity contribution in [1.82, 2.24) is 0 Å². The van der Waals surface area contributed by atoms with Gasteiger partial charge in [0.2, 0.25) is 0 Å². The van der Waals surface area contributed by atoms with E-state index in [4.69, 9.17) is 11.6 Å². The molecule has 1 unspecified atom stereocenters. The summed E-state index contributed by atoms with van der Waals surface area (Å²) in [7, 11) is 0. The highest BCUT2D eigenvalue weighted by Crippen LogP contribution is 2.30. The molecule has 2 aromatic carbocycles. The van der Waals surface area contributed by atoms with Crippen molar-refractivity contribution in [2.45, 2.75) is 11.0 Å². The van der Waals surface area contributed by atoms with Crippen molar-refractivity contribution in [3.05, 3.63) is 64.9 Å². The minimum absolute atomic E-state index is 0.339. The van der Waals surface area contributed by atoms with E-state index in [0.29, 0.717) is 16.3 Å². The predicted molar refractivity (Wildman–Crippen MR) is 73.5 cm³/mol. The summed E-state index contributed by atoms with van der Waals surface area (Å²) in [5, 5.41) is 10.6. The third kappa shape index (κ3) is 3.48. The van der Waals surface area contributed by atoms with Gasteiger partial charge < -0.3 is 5.11 Å². The van der Waals surface area contributed by atoms with Gasteiger partial charge in [0.15, 0.2) is 0 Å². The van der Waals surface area contributed by atoms with Crippen molar-refractivity contribution >= 4 is 23.4 Å². The third-order valence-electron chi connectivity index (χ3n) is 2.47. The Hall–Kier alpha value is -1.03. The maximum Gasteiger partial charge on any atom is 0.123 e. The first-order valence-corrected chi connectivity index (χ1v) is 6.84. The molecule has 1 nitrogen and oxygen atoms in total. The molecule has 18 heavy (non-hydrogen) atoms. The smallest absolute Gasteiger partial charge is 0.123 e. The second-order valence-corrected chi connectivity index (χ2v) is 5.28. The number of aliphatic hydroxyl groups is 1. The van der Waals surface area contributed by atoms with Crippen molar-refractivity contribution in [3.8, 4) is 0 Å². The lowest BCUT2D eigenvalue weighted by Gasteiger charge is -2.11. The SMILES string of the molecule is OC(CSc1ccccc1Cl)c1cccc(F)c1. The molecule has 2 rings (SSSR count). The highest BCUT2D eigenvalue weighted by Gasteiger charge is 2.10. The van der Waals surface area contributed by atoms with Crippen LogP contribution in [0.1, 0.15) is 11.7 Å². The Labute approximate surface area is 115 Å². The van der Waals surface area contributed by atoms with Gasteiger partial charge in [-0.25, -0.2) is 4.39 Å². The molecule has 0 aliphatic carbocycles. The highest BCUT2D eigenvalue weighted by atomic mass is 35.5. The normalized spacial score (nSPS) is 12.4. The molecule has 4 heteroatoms. The number of hydrogen-bond acceptors (Lipinski definition) is 2. The number of aliphatic hydroxyl groups excluding tert-OH is 1. The fraction of sp³-hybridized carbons (Fsp3) is 0.143. The minimum atomic E-state index is -0.707. The van der Waals surface area contributed by atoms with Crippen molar-refractivity contribution in [1.29, 1.82) is 0 Å². The number of benzene rings is 2. The van der Waals surface area contributed by atoms with Gasteiger partial charge in [0.1, 0.15) is 5.82 Å². The summed E-state index contributed by atoms with van der Waals surface area (Å²) in [6.45, 7) is 0. The molecular formula is C14H12ClFOS. The highest BCUT2D eigenvalue weighted by molar-refractivity contribution is 7.99. The Bertz CT molecular complexity index is 533. The molecule has 0 fully saturated rings. The van der Waals surface area contributed by atoms with Crippen LogP contribution >= 0.6 is 23.4 Å². The largest absolute Gasteiger partial charge is 0.388 e. The molecule has 0 aliphatic heterocycles. The maximum atomic E-state index is 13.0. The van der Waals surface area contributed by atoms with Crippen molar-refractivity contribution in [2.24, 2.45) is 0 Å². The molecule has 0 radical (unpaired) electrons. The Morgan fingerprint density at radius 1 is 1.17 bits per heavy atom. The molecule has 1 atom stereocenters. The zero-order chi connectivity index (χ0) is 13.0. The van der Waals surface area contributed by atoms with Crippen molar-refractivity contribution < 1.29 is 9.50 Å². The average molecular weight is 283 g/mol. The van der Waals surface area contributed by atoms with E-state index in [9.17, 15) is 9.50 Å². The number of hydrogen-bond donors (Lipinski definition) is 1. The van der Waals surface area contributed by atoms with E-state index >= 15 is 0 Å². The minimum Gasteiger partial charge on any atom is -0.388 e. The molecular weight excluding hydrogens is 271 g/mol. The van der Waals surface area contributed by atoms with Gasteiger partial charge in [0.25, 0.3) is 0 Å². The van der Waals surface area contributed by atoms with Gasteiger partial charge in [-0.3, -0.25) is 0 Å². The molecule has 0 spiro atoms. The van der Waals surface area contributed by atoms with Crippen LogP contribution in [0.5, 0.6) is 0 Å². The topological polar surface area (TPSA) is 20.2 Å². The summed E-state index contributed by atoms with van der Waals surface area (Å²) in [5.41, 5.74) is 0.578. The molecule has 2 aromatic rings. The second kappa shape index (κ2) is 6.23. The van der Waals surface area contributed by atoms with Crippen LogP contribution in [0.2, 0.25) is 5.02 Å². The zero-order valence-electron chi connectivity index (χ0n) is 9.51. The predicted octanol–water partition coefficient (Wildman–Crippen LogP) is 4.30. The monoisotopic (exact) mass is 282 g/mol. The quantitative estimate of drug-likeness (QED) is 0.844. The van der Waals surface area contributed by atoms with Crippen molar-refractivity contribution in [2.75, 3.05) is 5.75 Å². The van der Waals surface area contributed by atoms with Gasteiger partial charge >= 0.3 is 0 Å². The van der Waals surface area contributed by atoms with Gasteiger partial charge in [-0.1, -0.05) is 35.9 Å². The maximum absolute atomic E-state index is 13.0. The van der Waals surface area contributed by atoms with E-state index < -0.39 is 6.10 Å². The van der Waals surface area contributed by atoms with Crippen LogP contribution in [0, 0.1) is 5.82 Å². The summed E-state index contributed by atoms with van der Waals surface area (Å²) in [6, 6.07) is 13.5. The third-order valence-corrected chi connectivity index (χ3v) is 4.06. The van der Waals surface area contributed by atoms with Gasteiger partial charge in [-0.2, -0.15) is 0 Å². The molecule has 94 valence electrons. The van der Waals surface area contributed by atoms with E-state index in [2.05, 4.69) is 0 Å². The molecule has 1 N–H and O–H groups in total. The fourth-order valence-corrected chi connectivity index (χ4v) is 2.75. The van der Waals surface area contributed by atoms with Crippen LogP contribution < -0.4 is 0 Å². The molecule has 0 saturated carbocycles. The molecule has 0 aliphatic rings. The summed E-state index contributed by atoms with van der Waals surface area (Å²) >= 11 is 7.47. The van der Waals surface area contributed by atoms with E-state index in [0.717, 1.165) is 4.90 Å². The van der Waals surface area contributed by atoms with E-state index in [1.165, 1.54) is 23.9 Å². The van der Waals surface area contributed by atoms with Gasteiger partial charge in [-0.15, -0.1) is 11.8 Å². The number of rotatable bonds is 4. The Balaban J connectivity index is 2.00. The molecule has 0 amide bonds.